The van der Waals surface area contributed by atoms with E-state index in [1.165, 1.54) is 0 Å². The van der Waals surface area contributed by atoms with Gasteiger partial charge in [0.25, 0.3) is 5.91 Å². The third-order valence-corrected chi connectivity index (χ3v) is 3.10. The second-order valence-electron chi connectivity index (χ2n) is 3.49. The molecule has 0 atom stereocenters. The molecule has 0 aliphatic carbocycles. The molecule has 2 aromatic heterocycles. The predicted molar refractivity (Wildman–Crippen MR) is 63.9 cm³/mol. The summed E-state index contributed by atoms with van der Waals surface area (Å²) in [5, 5.41) is 6.75. The first kappa shape index (κ1) is 11.7. The smallest absolute Gasteiger partial charge is 0.264 e. The van der Waals surface area contributed by atoms with Gasteiger partial charge in [0.2, 0.25) is 0 Å². The third-order valence-electron chi connectivity index (χ3n) is 2.33. The number of imidazole rings is 1. The van der Waals surface area contributed by atoms with Crippen LogP contribution in [0.2, 0.25) is 0 Å². The zero-order valence-corrected chi connectivity index (χ0v) is 10.3. The molecule has 17 heavy (non-hydrogen) atoms. The average molecular weight is 251 g/mol. The van der Waals surface area contributed by atoms with Crippen LogP contribution in [0.4, 0.5) is 0 Å². The summed E-state index contributed by atoms with van der Waals surface area (Å²) in [7, 11) is 0. The maximum Gasteiger partial charge on any atom is 0.264 e. The highest BCUT2D eigenvalue weighted by atomic mass is 32.1. The first-order chi connectivity index (χ1) is 8.31. The van der Waals surface area contributed by atoms with Gasteiger partial charge in [0.05, 0.1) is 12.0 Å². The highest BCUT2D eigenvalue weighted by Gasteiger charge is 2.14. The molecule has 0 saturated heterocycles. The molecule has 6 nitrogen and oxygen atoms in total. The van der Waals surface area contributed by atoms with Crippen molar-refractivity contribution in [1.29, 1.82) is 0 Å². The van der Waals surface area contributed by atoms with Crippen molar-refractivity contribution in [3.05, 3.63) is 28.8 Å². The summed E-state index contributed by atoms with van der Waals surface area (Å²) in [4.78, 5) is 19.3. The summed E-state index contributed by atoms with van der Waals surface area (Å²) in [5.74, 6) is -0.101. The van der Waals surface area contributed by atoms with Crippen LogP contribution in [0.5, 0.6) is 0 Å². The SMILES string of the molecule is CCc1nnsc1C(=O)NCCc1cnc[nH]1. The number of amides is 1. The Bertz CT molecular complexity index is 479. The van der Waals surface area contributed by atoms with E-state index in [9.17, 15) is 4.79 Å². The van der Waals surface area contributed by atoms with Crippen molar-refractivity contribution in [2.75, 3.05) is 6.54 Å². The fraction of sp³-hybridized carbons (Fsp3) is 0.400. The van der Waals surface area contributed by atoms with Gasteiger partial charge in [-0.05, 0) is 18.0 Å². The molecule has 90 valence electrons. The second kappa shape index (κ2) is 5.53. The molecule has 2 aromatic rings. The summed E-state index contributed by atoms with van der Waals surface area (Å²) < 4.78 is 3.79. The first-order valence-corrected chi connectivity index (χ1v) is 6.15. The van der Waals surface area contributed by atoms with Crippen LogP contribution in [-0.2, 0) is 12.8 Å². The third kappa shape index (κ3) is 2.88. The number of nitrogens with zero attached hydrogens (tertiary/aromatic N) is 3. The van der Waals surface area contributed by atoms with Gasteiger partial charge in [-0.2, -0.15) is 0 Å². The van der Waals surface area contributed by atoms with Crippen molar-refractivity contribution in [1.82, 2.24) is 24.9 Å². The molecule has 0 fully saturated rings. The van der Waals surface area contributed by atoms with Crippen LogP contribution in [0.25, 0.3) is 0 Å². The van der Waals surface area contributed by atoms with E-state index < -0.39 is 0 Å². The second-order valence-corrected chi connectivity index (χ2v) is 4.24. The number of carbonyl (C=O) groups excluding carboxylic acids is 1. The highest BCUT2D eigenvalue weighted by Crippen LogP contribution is 2.10. The van der Waals surface area contributed by atoms with Crippen molar-refractivity contribution in [2.45, 2.75) is 19.8 Å². The summed E-state index contributed by atoms with van der Waals surface area (Å²) in [5.41, 5.74) is 1.76. The molecule has 7 heteroatoms. The number of aromatic amines is 1. The van der Waals surface area contributed by atoms with Gasteiger partial charge in [0.15, 0.2) is 0 Å². The lowest BCUT2D eigenvalue weighted by molar-refractivity contribution is 0.0957. The van der Waals surface area contributed by atoms with E-state index in [2.05, 4.69) is 24.9 Å². The van der Waals surface area contributed by atoms with E-state index in [-0.39, 0.29) is 5.91 Å². The predicted octanol–water partition coefficient (Wildman–Crippen LogP) is 0.796. The number of H-pyrrole nitrogens is 1. The Morgan fingerprint density at radius 3 is 3.18 bits per heavy atom. The Hall–Kier alpha value is -1.76. The van der Waals surface area contributed by atoms with Crippen LogP contribution in [-0.4, -0.2) is 32.0 Å². The summed E-state index contributed by atoms with van der Waals surface area (Å²) in [6.07, 6.45) is 4.83. The molecule has 2 N–H and O–H groups in total. The Morgan fingerprint density at radius 2 is 2.47 bits per heavy atom. The monoisotopic (exact) mass is 251 g/mol. The molecular formula is C10H13N5OS. The van der Waals surface area contributed by atoms with Crippen LogP contribution in [0, 0.1) is 0 Å². The standard InChI is InChI=1S/C10H13N5OS/c1-2-8-9(17-15-14-8)10(16)12-4-3-7-5-11-6-13-7/h5-6H,2-4H2,1H3,(H,11,13)(H,12,16). The largest absolute Gasteiger partial charge is 0.351 e. The number of aromatic nitrogens is 4. The average Bonchev–Trinajstić information content (AvgIpc) is 2.99. The van der Waals surface area contributed by atoms with E-state index in [4.69, 9.17) is 0 Å². The Kier molecular flexibility index (Phi) is 3.81. The lowest BCUT2D eigenvalue weighted by Gasteiger charge is -2.02. The lowest BCUT2D eigenvalue weighted by Crippen LogP contribution is -2.25. The molecule has 2 rings (SSSR count). The van der Waals surface area contributed by atoms with Crippen molar-refractivity contribution >= 4 is 17.4 Å². The van der Waals surface area contributed by atoms with Crippen LogP contribution < -0.4 is 5.32 Å². The quantitative estimate of drug-likeness (QED) is 0.823. The van der Waals surface area contributed by atoms with Gasteiger partial charge in [-0.3, -0.25) is 4.79 Å². The maximum atomic E-state index is 11.8. The maximum absolute atomic E-state index is 11.8. The molecule has 0 spiro atoms. The summed E-state index contributed by atoms with van der Waals surface area (Å²) in [6, 6.07) is 0. The zero-order valence-electron chi connectivity index (χ0n) is 9.43. The van der Waals surface area contributed by atoms with Gasteiger partial charge in [-0.15, -0.1) is 5.10 Å². The van der Waals surface area contributed by atoms with Gasteiger partial charge in [0, 0.05) is 24.9 Å². The molecule has 0 radical (unpaired) electrons. The van der Waals surface area contributed by atoms with E-state index in [1.54, 1.807) is 12.5 Å². The summed E-state index contributed by atoms with van der Waals surface area (Å²) >= 11 is 1.14. The van der Waals surface area contributed by atoms with Crippen molar-refractivity contribution in [3.8, 4) is 0 Å². The van der Waals surface area contributed by atoms with Crippen LogP contribution >= 0.6 is 11.5 Å². The van der Waals surface area contributed by atoms with Gasteiger partial charge >= 0.3 is 0 Å². The number of hydrogen-bond donors (Lipinski definition) is 2. The van der Waals surface area contributed by atoms with E-state index >= 15 is 0 Å². The van der Waals surface area contributed by atoms with Crippen molar-refractivity contribution in [2.24, 2.45) is 0 Å². The van der Waals surface area contributed by atoms with E-state index in [1.807, 2.05) is 6.92 Å². The molecule has 0 bridgehead atoms. The fourth-order valence-corrected chi connectivity index (χ4v) is 2.09. The normalized spacial score (nSPS) is 10.4. The number of hydrogen-bond acceptors (Lipinski definition) is 5. The van der Waals surface area contributed by atoms with Gasteiger partial charge in [-0.1, -0.05) is 11.4 Å². The van der Waals surface area contributed by atoms with Crippen LogP contribution in [0.1, 0.15) is 28.0 Å². The molecule has 0 aliphatic heterocycles. The number of nitrogens with one attached hydrogen (secondary N) is 2. The van der Waals surface area contributed by atoms with Crippen LogP contribution in [0.3, 0.4) is 0 Å². The minimum Gasteiger partial charge on any atom is -0.351 e. The molecule has 0 saturated carbocycles. The number of aryl methyl sites for hydroxylation is 1. The zero-order chi connectivity index (χ0) is 12.1. The Balaban J connectivity index is 1.85. The van der Waals surface area contributed by atoms with Crippen molar-refractivity contribution in [3.63, 3.8) is 0 Å². The van der Waals surface area contributed by atoms with E-state index in [0.717, 1.165) is 35.8 Å². The first-order valence-electron chi connectivity index (χ1n) is 5.38. The summed E-state index contributed by atoms with van der Waals surface area (Å²) in [6.45, 7) is 2.53. The van der Waals surface area contributed by atoms with E-state index in [0.29, 0.717) is 11.4 Å². The number of carbonyl (C=O) groups is 1. The van der Waals surface area contributed by atoms with Crippen LogP contribution in [0.15, 0.2) is 12.5 Å². The fourth-order valence-electron chi connectivity index (χ4n) is 1.42. The molecule has 2 heterocycles. The molecule has 0 unspecified atom stereocenters. The Morgan fingerprint density at radius 1 is 1.59 bits per heavy atom. The number of rotatable bonds is 5. The molecule has 1 amide bonds. The lowest BCUT2D eigenvalue weighted by atomic mass is 10.3. The minimum atomic E-state index is -0.101. The molecular weight excluding hydrogens is 238 g/mol. The van der Waals surface area contributed by atoms with Crippen molar-refractivity contribution < 1.29 is 4.79 Å². The minimum absolute atomic E-state index is 0.101. The van der Waals surface area contributed by atoms with Gasteiger partial charge < -0.3 is 10.3 Å². The topological polar surface area (TPSA) is 83.6 Å². The Labute approximate surface area is 103 Å². The van der Waals surface area contributed by atoms with Gasteiger partial charge in [0.1, 0.15) is 4.88 Å². The highest BCUT2D eigenvalue weighted by molar-refractivity contribution is 7.08. The molecule has 0 aromatic carbocycles. The van der Waals surface area contributed by atoms with Gasteiger partial charge in [-0.25, -0.2) is 4.98 Å². The molecule has 0 aliphatic rings.